The number of nitrogens with one attached hydrogen (secondary N) is 2. The number of fused-ring (bicyclic) bond motifs is 1. The van der Waals surface area contributed by atoms with Gasteiger partial charge in [0.15, 0.2) is 0 Å². The molecule has 2 N–H and O–H groups in total. The number of carbonyl (C=O) groups is 2. The normalized spacial score (nSPS) is 11.5. The van der Waals surface area contributed by atoms with Crippen LogP contribution in [0.2, 0.25) is 0 Å². The number of thiophene rings is 1. The van der Waals surface area contributed by atoms with E-state index in [1.165, 1.54) is 7.05 Å². The molecule has 12 heteroatoms. The number of nitrogens with zero attached hydrogens (tertiary/aromatic N) is 2. The van der Waals surface area contributed by atoms with Crippen molar-refractivity contribution in [3.63, 3.8) is 0 Å². The molecule has 0 saturated carbocycles. The van der Waals surface area contributed by atoms with Gasteiger partial charge in [-0.05, 0) is 36.2 Å². The Morgan fingerprint density at radius 2 is 1.94 bits per heavy atom. The molecule has 0 radical (unpaired) electrons. The Morgan fingerprint density at radius 1 is 1.23 bits per heavy atom. The first kappa shape index (κ1) is 22.4. The maximum Gasteiger partial charge on any atom is 0.416 e. The molecule has 1 aromatic carbocycles. The topological polar surface area (TPSA) is 93.1 Å². The zero-order valence-corrected chi connectivity index (χ0v) is 17.1. The summed E-state index contributed by atoms with van der Waals surface area (Å²) in [4.78, 5) is 41.8. The van der Waals surface area contributed by atoms with E-state index in [-0.39, 0.29) is 22.5 Å². The summed E-state index contributed by atoms with van der Waals surface area (Å²) >= 11 is 1.03. The zero-order valence-electron chi connectivity index (χ0n) is 16.3. The minimum absolute atomic E-state index is 0.178. The Kier molecular flexibility index (Phi) is 6.11. The van der Waals surface area contributed by atoms with Gasteiger partial charge in [0.25, 0.3) is 11.5 Å². The van der Waals surface area contributed by atoms with Gasteiger partial charge in [-0.1, -0.05) is 0 Å². The van der Waals surface area contributed by atoms with Crippen LogP contribution >= 0.6 is 11.3 Å². The van der Waals surface area contributed by atoms with Gasteiger partial charge < -0.3 is 10.6 Å². The zero-order chi connectivity index (χ0) is 22.9. The standard InChI is InChI=1S/C19H16F4N4O3S/c1-9-14-17(31-15(9)16(29)24-2)25-8-27(18(14)30)7-13(28)26-12-4-10(6-20)3-11(5-12)19(21,22)23/h3-5,8H,6-7H2,1-2H3,(H,24,29)(H,26,28). The Labute approximate surface area is 176 Å². The number of anilines is 1. The smallest absolute Gasteiger partial charge is 0.354 e. The molecule has 164 valence electrons. The number of carbonyl (C=O) groups excluding carboxylic acids is 2. The van der Waals surface area contributed by atoms with Gasteiger partial charge >= 0.3 is 6.18 Å². The van der Waals surface area contributed by atoms with E-state index < -0.39 is 36.4 Å². The van der Waals surface area contributed by atoms with Crippen LogP contribution in [0.25, 0.3) is 10.2 Å². The van der Waals surface area contributed by atoms with Gasteiger partial charge in [0.1, 0.15) is 18.0 Å². The van der Waals surface area contributed by atoms with Gasteiger partial charge in [-0.3, -0.25) is 19.0 Å². The van der Waals surface area contributed by atoms with Crippen LogP contribution in [0.1, 0.15) is 26.4 Å². The van der Waals surface area contributed by atoms with E-state index in [4.69, 9.17) is 0 Å². The minimum Gasteiger partial charge on any atom is -0.354 e. The molecule has 0 aliphatic carbocycles. The highest BCUT2D eigenvalue weighted by Gasteiger charge is 2.31. The Balaban J connectivity index is 1.89. The molecule has 0 unspecified atom stereocenters. The third-order valence-corrected chi connectivity index (χ3v) is 5.62. The third-order valence-electron chi connectivity index (χ3n) is 4.42. The highest BCUT2D eigenvalue weighted by Crippen LogP contribution is 2.32. The third kappa shape index (κ3) is 4.58. The number of halogens is 4. The molecule has 0 aliphatic rings. The lowest BCUT2D eigenvalue weighted by molar-refractivity contribution is -0.137. The fourth-order valence-electron chi connectivity index (χ4n) is 2.96. The molecule has 2 amide bonds. The van der Waals surface area contributed by atoms with Crippen molar-refractivity contribution in [2.75, 3.05) is 12.4 Å². The summed E-state index contributed by atoms with van der Waals surface area (Å²) in [6, 6.07) is 2.41. The van der Waals surface area contributed by atoms with Crippen LogP contribution in [0.3, 0.4) is 0 Å². The fraction of sp³-hybridized carbons (Fsp3) is 0.263. The number of amides is 2. The summed E-state index contributed by atoms with van der Waals surface area (Å²) in [5, 5.41) is 4.89. The highest BCUT2D eigenvalue weighted by molar-refractivity contribution is 7.20. The van der Waals surface area contributed by atoms with Crippen LogP contribution in [0, 0.1) is 6.92 Å². The van der Waals surface area contributed by atoms with Crippen molar-refractivity contribution in [2.24, 2.45) is 0 Å². The Morgan fingerprint density at radius 3 is 2.55 bits per heavy atom. The molecule has 3 rings (SSSR count). The van der Waals surface area contributed by atoms with E-state index in [1.807, 2.05) is 0 Å². The average molecular weight is 456 g/mol. The van der Waals surface area contributed by atoms with Gasteiger partial charge in [-0.15, -0.1) is 11.3 Å². The fourth-order valence-corrected chi connectivity index (χ4v) is 4.05. The van der Waals surface area contributed by atoms with Gasteiger partial charge in [0.05, 0.1) is 22.2 Å². The van der Waals surface area contributed by atoms with Crippen molar-refractivity contribution in [1.82, 2.24) is 14.9 Å². The maximum atomic E-state index is 13.0. The second-order valence-corrected chi connectivity index (χ2v) is 7.59. The highest BCUT2D eigenvalue weighted by atomic mass is 32.1. The maximum absolute atomic E-state index is 13.0. The van der Waals surface area contributed by atoms with Crippen LogP contribution < -0.4 is 16.2 Å². The van der Waals surface area contributed by atoms with Crippen molar-refractivity contribution in [1.29, 1.82) is 0 Å². The lowest BCUT2D eigenvalue weighted by Crippen LogP contribution is -2.28. The Hall–Kier alpha value is -3.28. The average Bonchev–Trinajstić information content (AvgIpc) is 3.05. The number of aromatic nitrogens is 2. The first-order chi connectivity index (χ1) is 14.5. The number of hydrogen-bond acceptors (Lipinski definition) is 5. The van der Waals surface area contributed by atoms with E-state index in [9.17, 15) is 31.9 Å². The molecule has 0 saturated heterocycles. The predicted octanol–water partition coefficient (Wildman–Crippen LogP) is 3.25. The number of benzene rings is 1. The summed E-state index contributed by atoms with van der Waals surface area (Å²) in [7, 11) is 1.45. The summed E-state index contributed by atoms with van der Waals surface area (Å²) in [6.07, 6.45) is -3.59. The van der Waals surface area contributed by atoms with Crippen molar-refractivity contribution in [2.45, 2.75) is 26.3 Å². The summed E-state index contributed by atoms with van der Waals surface area (Å²) < 4.78 is 52.8. The molecule has 31 heavy (non-hydrogen) atoms. The molecule has 3 aromatic rings. The second kappa shape index (κ2) is 8.46. The minimum atomic E-state index is -4.71. The van der Waals surface area contributed by atoms with E-state index in [1.54, 1.807) is 6.92 Å². The summed E-state index contributed by atoms with van der Waals surface area (Å²) in [6.45, 7) is -0.0937. The van der Waals surface area contributed by atoms with Crippen LogP contribution in [-0.2, 0) is 24.2 Å². The molecule has 0 fully saturated rings. The van der Waals surface area contributed by atoms with E-state index in [2.05, 4.69) is 15.6 Å². The number of aryl methyl sites for hydroxylation is 1. The molecule has 0 aliphatic heterocycles. The first-order valence-electron chi connectivity index (χ1n) is 8.82. The van der Waals surface area contributed by atoms with Crippen LogP contribution in [0.5, 0.6) is 0 Å². The van der Waals surface area contributed by atoms with Crippen molar-refractivity contribution in [3.05, 3.63) is 56.4 Å². The van der Waals surface area contributed by atoms with Gasteiger partial charge in [0, 0.05) is 12.7 Å². The van der Waals surface area contributed by atoms with E-state index in [0.29, 0.717) is 27.4 Å². The van der Waals surface area contributed by atoms with Crippen LogP contribution in [0.4, 0.5) is 23.2 Å². The number of alkyl halides is 4. The number of hydrogen-bond donors (Lipinski definition) is 2. The largest absolute Gasteiger partial charge is 0.416 e. The summed E-state index contributed by atoms with van der Waals surface area (Å²) in [5.74, 6) is -1.18. The molecule has 0 spiro atoms. The van der Waals surface area contributed by atoms with Crippen molar-refractivity contribution < 1.29 is 27.2 Å². The van der Waals surface area contributed by atoms with Crippen molar-refractivity contribution >= 4 is 39.1 Å². The van der Waals surface area contributed by atoms with Crippen LogP contribution in [-0.4, -0.2) is 28.4 Å². The first-order valence-corrected chi connectivity index (χ1v) is 9.64. The molecule has 2 aromatic heterocycles. The van der Waals surface area contributed by atoms with Gasteiger partial charge in [-0.2, -0.15) is 13.2 Å². The lowest BCUT2D eigenvalue weighted by atomic mass is 10.1. The Bertz CT molecular complexity index is 1230. The van der Waals surface area contributed by atoms with E-state index >= 15 is 0 Å². The summed E-state index contributed by atoms with van der Waals surface area (Å²) in [5.41, 5.74) is -1.76. The predicted molar refractivity (Wildman–Crippen MR) is 107 cm³/mol. The molecule has 7 nitrogen and oxygen atoms in total. The van der Waals surface area contributed by atoms with Crippen molar-refractivity contribution in [3.8, 4) is 0 Å². The second-order valence-electron chi connectivity index (χ2n) is 6.59. The molecular weight excluding hydrogens is 440 g/mol. The van der Waals surface area contributed by atoms with Gasteiger partial charge in [0.2, 0.25) is 5.91 Å². The van der Waals surface area contributed by atoms with Crippen LogP contribution in [0.15, 0.2) is 29.3 Å². The number of rotatable bonds is 5. The molecular formula is C19H16F4N4O3S. The SMILES string of the molecule is CNC(=O)c1sc2ncn(CC(=O)Nc3cc(CF)cc(C(F)(F)F)c3)c(=O)c2c1C. The quantitative estimate of drug-likeness (QED) is 0.577. The molecule has 0 atom stereocenters. The lowest BCUT2D eigenvalue weighted by Gasteiger charge is -2.12. The molecule has 0 bridgehead atoms. The monoisotopic (exact) mass is 456 g/mol. The molecule has 2 heterocycles. The van der Waals surface area contributed by atoms with Gasteiger partial charge in [-0.25, -0.2) is 9.37 Å². The van der Waals surface area contributed by atoms with E-state index in [0.717, 1.165) is 28.3 Å².